The summed E-state index contributed by atoms with van der Waals surface area (Å²) in [6.07, 6.45) is -0.281. The zero-order valence-corrected chi connectivity index (χ0v) is 14.3. The maximum atomic E-state index is 12.1. The second-order valence-corrected chi connectivity index (χ2v) is 6.55. The van der Waals surface area contributed by atoms with E-state index in [0.29, 0.717) is 31.7 Å². The molecule has 1 aliphatic heterocycles. The third-order valence-electron chi connectivity index (χ3n) is 3.65. The van der Waals surface area contributed by atoms with Crippen molar-refractivity contribution in [1.29, 1.82) is 0 Å². The molecule has 0 saturated carbocycles. The summed E-state index contributed by atoms with van der Waals surface area (Å²) in [6.45, 7) is 8.09. The molecule has 1 fully saturated rings. The summed E-state index contributed by atoms with van der Waals surface area (Å²) in [7, 11) is 1.62. The van der Waals surface area contributed by atoms with Gasteiger partial charge in [-0.2, -0.15) is 0 Å². The SMILES string of the molecule is CNC(=O)c1ccccc1N1CCN(C(=O)OC(C)(C)C)CC1. The van der Waals surface area contributed by atoms with Gasteiger partial charge in [-0.05, 0) is 32.9 Å². The van der Waals surface area contributed by atoms with Crippen LogP contribution in [0, 0.1) is 0 Å². The molecule has 1 aliphatic rings. The van der Waals surface area contributed by atoms with Gasteiger partial charge in [0.15, 0.2) is 0 Å². The van der Waals surface area contributed by atoms with E-state index in [1.807, 2.05) is 45.0 Å². The van der Waals surface area contributed by atoms with E-state index >= 15 is 0 Å². The average molecular weight is 319 g/mol. The fourth-order valence-electron chi connectivity index (χ4n) is 2.53. The number of hydrogen-bond acceptors (Lipinski definition) is 4. The number of nitrogens with one attached hydrogen (secondary N) is 1. The number of nitrogens with zero attached hydrogens (tertiary/aromatic N) is 2. The van der Waals surface area contributed by atoms with Gasteiger partial charge in [0.2, 0.25) is 0 Å². The van der Waals surface area contributed by atoms with Gasteiger partial charge in [-0.3, -0.25) is 4.79 Å². The highest BCUT2D eigenvalue weighted by atomic mass is 16.6. The van der Waals surface area contributed by atoms with E-state index < -0.39 is 5.60 Å². The maximum Gasteiger partial charge on any atom is 0.410 e. The Morgan fingerprint density at radius 3 is 2.26 bits per heavy atom. The number of piperazine rings is 1. The van der Waals surface area contributed by atoms with Gasteiger partial charge in [-0.15, -0.1) is 0 Å². The topological polar surface area (TPSA) is 61.9 Å². The number of carbonyl (C=O) groups is 2. The molecule has 2 amide bonds. The standard InChI is InChI=1S/C17H25N3O3/c1-17(2,3)23-16(22)20-11-9-19(10-12-20)14-8-6-5-7-13(14)15(21)18-4/h5-8H,9-12H2,1-4H3,(H,18,21). The first-order valence-corrected chi connectivity index (χ1v) is 7.86. The van der Waals surface area contributed by atoms with Crippen molar-refractivity contribution in [3.05, 3.63) is 29.8 Å². The van der Waals surface area contributed by atoms with Crippen LogP contribution in [0.2, 0.25) is 0 Å². The van der Waals surface area contributed by atoms with Crippen molar-refractivity contribution in [3.8, 4) is 0 Å². The van der Waals surface area contributed by atoms with Gasteiger partial charge in [0.1, 0.15) is 5.60 Å². The van der Waals surface area contributed by atoms with Gasteiger partial charge in [0.25, 0.3) is 5.91 Å². The largest absolute Gasteiger partial charge is 0.444 e. The van der Waals surface area contributed by atoms with Crippen LogP contribution in [0.15, 0.2) is 24.3 Å². The van der Waals surface area contributed by atoms with Crippen LogP contribution in [0.5, 0.6) is 0 Å². The molecular formula is C17H25N3O3. The molecular weight excluding hydrogens is 294 g/mol. The molecule has 0 aromatic heterocycles. The Bertz CT molecular complexity index is 573. The Balaban J connectivity index is 2.03. The molecule has 6 heteroatoms. The minimum Gasteiger partial charge on any atom is -0.444 e. The lowest BCUT2D eigenvalue weighted by atomic mass is 10.1. The summed E-state index contributed by atoms with van der Waals surface area (Å²) < 4.78 is 5.40. The number of hydrogen-bond donors (Lipinski definition) is 1. The molecule has 0 radical (unpaired) electrons. The molecule has 1 N–H and O–H groups in total. The molecule has 0 atom stereocenters. The minimum absolute atomic E-state index is 0.102. The third kappa shape index (κ3) is 4.37. The van der Waals surface area contributed by atoms with Crippen molar-refractivity contribution in [1.82, 2.24) is 10.2 Å². The molecule has 1 saturated heterocycles. The fourth-order valence-corrected chi connectivity index (χ4v) is 2.53. The number of ether oxygens (including phenoxy) is 1. The fraction of sp³-hybridized carbons (Fsp3) is 0.529. The number of benzene rings is 1. The molecule has 6 nitrogen and oxygen atoms in total. The Morgan fingerprint density at radius 1 is 1.09 bits per heavy atom. The Morgan fingerprint density at radius 2 is 1.70 bits per heavy atom. The Hall–Kier alpha value is -2.24. The van der Waals surface area contributed by atoms with Crippen LogP contribution in [0.1, 0.15) is 31.1 Å². The predicted octanol–water partition coefficient (Wildman–Crippen LogP) is 2.10. The van der Waals surface area contributed by atoms with Crippen molar-refractivity contribution >= 4 is 17.7 Å². The summed E-state index contributed by atoms with van der Waals surface area (Å²) in [5.41, 5.74) is 1.07. The van der Waals surface area contributed by atoms with Gasteiger partial charge in [-0.1, -0.05) is 12.1 Å². The molecule has 126 valence electrons. The molecule has 1 aromatic carbocycles. The molecule has 0 aliphatic carbocycles. The van der Waals surface area contributed by atoms with Crippen molar-refractivity contribution in [2.24, 2.45) is 0 Å². The molecule has 0 spiro atoms. The third-order valence-corrected chi connectivity index (χ3v) is 3.65. The van der Waals surface area contributed by atoms with E-state index in [0.717, 1.165) is 5.69 Å². The number of anilines is 1. The van der Waals surface area contributed by atoms with E-state index in [9.17, 15) is 9.59 Å². The zero-order valence-electron chi connectivity index (χ0n) is 14.3. The van der Waals surface area contributed by atoms with Gasteiger partial charge < -0.3 is 19.9 Å². The van der Waals surface area contributed by atoms with Crippen LogP contribution in [0.4, 0.5) is 10.5 Å². The normalized spacial score (nSPS) is 15.3. The number of amides is 2. The minimum atomic E-state index is -0.486. The summed E-state index contributed by atoms with van der Waals surface area (Å²) in [6, 6.07) is 7.52. The first-order valence-electron chi connectivity index (χ1n) is 7.86. The lowest BCUT2D eigenvalue weighted by Gasteiger charge is -2.37. The van der Waals surface area contributed by atoms with Crippen molar-refractivity contribution in [2.75, 3.05) is 38.1 Å². The molecule has 0 bridgehead atoms. The predicted molar refractivity (Wildman–Crippen MR) is 89.9 cm³/mol. The second kappa shape index (κ2) is 6.89. The van der Waals surface area contributed by atoms with Crippen LogP contribution in [0.3, 0.4) is 0 Å². The highest BCUT2D eigenvalue weighted by molar-refractivity contribution is 5.99. The second-order valence-electron chi connectivity index (χ2n) is 6.55. The molecule has 0 unspecified atom stereocenters. The maximum absolute atomic E-state index is 12.1. The van der Waals surface area contributed by atoms with Crippen molar-refractivity contribution < 1.29 is 14.3 Å². The van der Waals surface area contributed by atoms with Crippen LogP contribution in [-0.2, 0) is 4.74 Å². The lowest BCUT2D eigenvalue weighted by Crippen LogP contribution is -2.50. The van der Waals surface area contributed by atoms with E-state index in [4.69, 9.17) is 4.74 Å². The summed E-state index contributed by atoms with van der Waals surface area (Å²) in [5.74, 6) is -0.102. The van der Waals surface area contributed by atoms with Crippen LogP contribution in [-0.4, -0.2) is 55.7 Å². The highest BCUT2D eigenvalue weighted by Gasteiger charge is 2.27. The van der Waals surface area contributed by atoms with E-state index in [-0.39, 0.29) is 12.0 Å². The summed E-state index contributed by atoms with van der Waals surface area (Å²) >= 11 is 0. The highest BCUT2D eigenvalue weighted by Crippen LogP contribution is 2.22. The lowest BCUT2D eigenvalue weighted by molar-refractivity contribution is 0.0240. The smallest absolute Gasteiger partial charge is 0.410 e. The van der Waals surface area contributed by atoms with E-state index in [2.05, 4.69) is 10.2 Å². The van der Waals surface area contributed by atoms with Gasteiger partial charge in [-0.25, -0.2) is 4.79 Å². The number of carbonyl (C=O) groups excluding carboxylic acids is 2. The molecule has 1 aromatic rings. The van der Waals surface area contributed by atoms with Gasteiger partial charge >= 0.3 is 6.09 Å². The molecule has 2 rings (SSSR count). The van der Waals surface area contributed by atoms with Crippen molar-refractivity contribution in [3.63, 3.8) is 0 Å². The number of rotatable bonds is 2. The van der Waals surface area contributed by atoms with Gasteiger partial charge in [0.05, 0.1) is 5.56 Å². The van der Waals surface area contributed by atoms with Crippen LogP contribution in [0.25, 0.3) is 0 Å². The Labute approximate surface area is 137 Å². The summed E-state index contributed by atoms with van der Waals surface area (Å²) in [4.78, 5) is 27.9. The number of para-hydroxylation sites is 1. The zero-order chi connectivity index (χ0) is 17.0. The van der Waals surface area contributed by atoms with Gasteiger partial charge in [0, 0.05) is 38.9 Å². The van der Waals surface area contributed by atoms with E-state index in [1.54, 1.807) is 11.9 Å². The van der Waals surface area contributed by atoms with Crippen LogP contribution < -0.4 is 10.2 Å². The van der Waals surface area contributed by atoms with Crippen molar-refractivity contribution in [2.45, 2.75) is 26.4 Å². The first kappa shape index (κ1) is 17.1. The molecule has 23 heavy (non-hydrogen) atoms. The monoisotopic (exact) mass is 319 g/mol. The van der Waals surface area contributed by atoms with E-state index in [1.165, 1.54) is 0 Å². The van der Waals surface area contributed by atoms with Crippen LogP contribution >= 0.6 is 0 Å². The summed E-state index contributed by atoms with van der Waals surface area (Å²) in [5, 5.41) is 2.66. The molecule has 1 heterocycles. The first-order chi connectivity index (χ1) is 10.8. The quantitative estimate of drug-likeness (QED) is 0.907. The average Bonchev–Trinajstić information content (AvgIpc) is 2.52. The Kier molecular flexibility index (Phi) is 5.13.